The van der Waals surface area contributed by atoms with Crippen LogP contribution in [0.3, 0.4) is 0 Å². The van der Waals surface area contributed by atoms with Gasteiger partial charge in [-0.15, -0.1) is 0 Å². The van der Waals surface area contributed by atoms with Crippen LogP contribution in [0.4, 0.5) is 4.39 Å². The van der Waals surface area contributed by atoms with Gasteiger partial charge in [0.1, 0.15) is 0 Å². The van der Waals surface area contributed by atoms with Crippen molar-refractivity contribution in [3.8, 4) is 5.75 Å². The highest BCUT2D eigenvalue weighted by atomic mass is 79.9. The Labute approximate surface area is 120 Å². The summed E-state index contributed by atoms with van der Waals surface area (Å²) in [7, 11) is 0. The Balaban J connectivity index is 2.00. The van der Waals surface area contributed by atoms with E-state index in [1.54, 1.807) is 6.07 Å². The zero-order valence-corrected chi connectivity index (χ0v) is 12.1. The first kappa shape index (κ1) is 14.0. The van der Waals surface area contributed by atoms with Gasteiger partial charge in [0, 0.05) is 17.1 Å². The maximum Gasteiger partial charge on any atom is 0.165 e. The van der Waals surface area contributed by atoms with E-state index < -0.39 is 5.82 Å². The smallest absolute Gasteiger partial charge is 0.165 e. The minimum Gasteiger partial charge on any atom is -0.505 e. The molecule has 2 aromatic carbocycles. The first-order chi connectivity index (χ1) is 9.06. The molecule has 0 amide bonds. The summed E-state index contributed by atoms with van der Waals surface area (Å²) in [5, 5.41) is 12.4. The van der Waals surface area contributed by atoms with Crippen LogP contribution in [-0.4, -0.2) is 5.11 Å². The molecular formula is C15H15BrFNO. The molecular weight excluding hydrogens is 309 g/mol. The topological polar surface area (TPSA) is 32.3 Å². The second kappa shape index (κ2) is 6.17. The van der Waals surface area contributed by atoms with Gasteiger partial charge in [0.05, 0.1) is 0 Å². The van der Waals surface area contributed by atoms with Crippen molar-refractivity contribution in [1.29, 1.82) is 0 Å². The summed E-state index contributed by atoms with van der Waals surface area (Å²) in [6.45, 7) is 2.60. The number of halogens is 2. The number of phenols is 1. The van der Waals surface area contributed by atoms with Crippen LogP contribution in [0.2, 0.25) is 0 Å². The number of hydrogen-bond acceptors (Lipinski definition) is 2. The first-order valence-corrected chi connectivity index (χ1v) is 6.82. The molecule has 0 aliphatic rings. The molecule has 2 aromatic rings. The Morgan fingerprint density at radius 3 is 2.74 bits per heavy atom. The molecule has 100 valence electrons. The lowest BCUT2D eigenvalue weighted by Gasteiger charge is -2.14. The molecule has 0 aliphatic carbocycles. The van der Waals surface area contributed by atoms with Crippen LogP contribution < -0.4 is 5.32 Å². The van der Waals surface area contributed by atoms with Crippen LogP contribution in [0.15, 0.2) is 46.9 Å². The first-order valence-electron chi connectivity index (χ1n) is 6.02. The molecule has 0 saturated heterocycles. The van der Waals surface area contributed by atoms with Crippen molar-refractivity contribution in [2.24, 2.45) is 0 Å². The lowest BCUT2D eigenvalue weighted by Crippen LogP contribution is -2.18. The number of benzene rings is 2. The fraction of sp³-hybridized carbons (Fsp3) is 0.200. The van der Waals surface area contributed by atoms with Crippen molar-refractivity contribution < 1.29 is 9.50 Å². The normalized spacial score (nSPS) is 12.4. The highest BCUT2D eigenvalue weighted by Crippen LogP contribution is 2.19. The lowest BCUT2D eigenvalue weighted by atomic mass is 10.1. The molecule has 0 bridgehead atoms. The van der Waals surface area contributed by atoms with Crippen LogP contribution in [-0.2, 0) is 6.54 Å². The SMILES string of the molecule is C[C@@H](NCc1ccc(O)c(F)c1)c1cccc(Br)c1. The Hall–Kier alpha value is -1.39. The van der Waals surface area contributed by atoms with E-state index >= 15 is 0 Å². The Bertz CT molecular complexity index is 574. The third-order valence-electron chi connectivity index (χ3n) is 2.97. The van der Waals surface area contributed by atoms with Gasteiger partial charge < -0.3 is 10.4 Å². The highest BCUT2D eigenvalue weighted by Gasteiger charge is 2.06. The summed E-state index contributed by atoms with van der Waals surface area (Å²) in [6, 6.07) is 12.6. The quantitative estimate of drug-likeness (QED) is 0.886. The molecule has 0 unspecified atom stereocenters. The summed E-state index contributed by atoms with van der Waals surface area (Å²) in [6.07, 6.45) is 0. The minimum atomic E-state index is -0.589. The standard InChI is InChI=1S/C15H15BrFNO/c1-10(12-3-2-4-13(16)8-12)18-9-11-5-6-15(19)14(17)7-11/h2-8,10,18-19H,9H2,1H3/t10-/m1/s1. The van der Waals surface area contributed by atoms with Crippen molar-refractivity contribution in [2.75, 3.05) is 0 Å². The zero-order valence-electron chi connectivity index (χ0n) is 10.5. The molecule has 4 heteroatoms. The Kier molecular flexibility index (Phi) is 4.56. The average Bonchev–Trinajstić information content (AvgIpc) is 2.40. The third kappa shape index (κ3) is 3.78. The van der Waals surface area contributed by atoms with Crippen molar-refractivity contribution in [3.63, 3.8) is 0 Å². The molecule has 0 radical (unpaired) electrons. The predicted molar refractivity (Wildman–Crippen MR) is 77.5 cm³/mol. The largest absolute Gasteiger partial charge is 0.505 e. The van der Waals surface area contributed by atoms with Gasteiger partial charge in [-0.1, -0.05) is 34.1 Å². The molecule has 2 rings (SSSR count). The molecule has 0 spiro atoms. The van der Waals surface area contributed by atoms with Gasteiger partial charge in [-0.25, -0.2) is 4.39 Å². The van der Waals surface area contributed by atoms with E-state index in [1.807, 2.05) is 18.2 Å². The summed E-state index contributed by atoms with van der Waals surface area (Å²) in [5.74, 6) is -0.904. The maximum absolute atomic E-state index is 13.2. The fourth-order valence-corrected chi connectivity index (χ4v) is 2.24. The van der Waals surface area contributed by atoms with E-state index in [2.05, 4.69) is 34.2 Å². The summed E-state index contributed by atoms with van der Waals surface area (Å²) in [5.41, 5.74) is 1.96. The minimum absolute atomic E-state index is 0.161. The predicted octanol–water partition coefficient (Wildman–Crippen LogP) is 4.14. The Morgan fingerprint density at radius 1 is 1.26 bits per heavy atom. The van der Waals surface area contributed by atoms with Crippen molar-refractivity contribution in [1.82, 2.24) is 5.32 Å². The van der Waals surface area contributed by atoms with E-state index in [1.165, 1.54) is 12.1 Å². The third-order valence-corrected chi connectivity index (χ3v) is 3.47. The fourth-order valence-electron chi connectivity index (χ4n) is 1.83. The summed E-state index contributed by atoms with van der Waals surface area (Å²) < 4.78 is 14.2. The molecule has 19 heavy (non-hydrogen) atoms. The van der Waals surface area contributed by atoms with Crippen molar-refractivity contribution in [3.05, 3.63) is 63.9 Å². The van der Waals surface area contributed by atoms with Crippen LogP contribution in [0.5, 0.6) is 5.75 Å². The highest BCUT2D eigenvalue weighted by molar-refractivity contribution is 9.10. The van der Waals surface area contributed by atoms with Gasteiger partial charge in [0.25, 0.3) is 0 Å². The molecule has 0 aromatic heterocycles. The molecule has 0 fully saturated rings. The molecule has 0 heterocycles. The van der Waals surface area contributed by atoms with E-state index in [4.69, 9.17) is 5.11 Å². The van der Waals surface area contributed by atoms with Crippen LogP contribution in [0, 0.1) is 5.82 Å². The van der Waals surface area contributed by atoms with Crippen LogP contribution in [0.1, 0.15) is 24.1 Å². The number of hydrogen-bond donors (Lipinski definition) is 2. The van der Waals surface area contributed by atoms with Gasteiger partial charge in [-0.05, 0) is 42.3 Å². The van der Waals surface area contributed by atoms with Gasteiger partial charge in [-0.2, -0.15) is 0 Å². The monoisotopic (exact) mass is 323 g/mol. The zero-order chi connectivity index (χ0) is 13.8. The maximum atomic E-state index is 13.2. The molecule has 0 saturated carbocycles. The number of phenolic OH excluding ortho intramolecular Hbond substituents is 1. The van der Waals surface area contributed by atoms with Gasteiger partial charge in [0.2, 0.25) is 0 Å². The van der Waals surface area contributed by atoms with E-state index in [9.17, 15) is 4.39 Å². The molecule has 1 atom stereocenters. The van der Waals surface area contributed by atoms with E-state index in [0.29, 0.717) is 6.54 Å². The van der Waals surface area contributed by atoms with Gasteiger partial charge in [0.15, 0.2) is 11.6 Å². The second-order valence-electron chi connectivity index (χ2n) is 4.44. The molecule has 2 N–H and O–H groups in total. The number of aromatic hydroxyl groups is 1. The lowest BCUT2D eigenvalue weighted by molar-refractivity contribution is 0.431. The van der Waals surface area contributed by atoms with E-state index in [0.717, 1.165) is 15.6 Å². The summed E-state index contributed by atoms with van der Waals surface area (Å²) >= 11 is 3.44. The van der Waals surface area contributed by atoms with E-state index in [-0.39, 0.29) is 11.8 Å². The van der Waals surface area contributed by atoms with Crippen LogP contribution in [0.25, 0.3) is 0 Å². The molecule has 2 nitrogen and oxygen atoms in total. The number of nitrogens with one attached hydrogen (secondary N) is 1. The second-order valence-corrected chi connectivity index (χ2v) is 5.36. The van der Waals surface area contributed by atoms with Crippen LogP contribution >= 0.6 is 15.9 Å². The van der Waals surface area contributed by atoms with Gasteiger partial charge in [-0.3, -0.25) is 0 Å². The number of rotatable bonds is 4. The average molecular weight is 324 g/mol. The van der Waals surface area contributed by atoms with Crippen molar-refractivity contribution in [2.45, 2.75) is 19.5 Å². The van der Waals surface area contributed by atoms with Crippen molar-refractivity contribution >= 4 is 15.9 Å². The molecule has 0 aliphatic heterocycles. The summed E-state index contributed by atoms with van der Waals surface area (Å²) in [4.78, 5) is 0. The Morgan fingerprint density at radius 2 is 2.05 bits per heavy atom. The van der Waals surface area contributed by atoms with Gasteiger partial charge >= 0.3 is 0 Å².